The number of anilines is 1. The number of nitrogens with zero attached hydrogens (tertiary/aromatic N) is 3. The number of nitrogens with one attached hydrogen (secondary N) is 2. The third-order valence-corrected chi connectivity index (χ3v) is 5.66. The molecule has 0 saturated carbocycles. The van der Waals surface area contributed by atoms with Gasteiger partial charge in [0.05, 0.1) is 19.8 Å². The smallest absolute Gasteiger partial charge is 0.328 e. The molecule has 196 valence electrons. The molecule has 0 aliphatic rings. The van der Waals surface area contributed by atoms with E-state index in [1.165, 1.54) is 16.7 Å². The first-order valence-corrected chi connectivity index (χ1v) is 12.1. The average Bonchev–Trinajstić information content (AvgIpc) is 3.20. The summed E-state index contributed by atoms with van der Waals surface area (Å²) in [6, 6.07) is 12.1. The number of fused-ring (bicyclic) bond motifs is 1. The average molecular weight is 511 g/mol. The highest BCUT2D eigenvalue weighted by molar-refractivity contribution is 5.81. The minimum atomic E-state index is -0.548. The number of ether oxygens (including phenoxy) is 3. The van der Waals surface area contributed by atoms with Crippen LogP contribution in [0.15, 0.2) is 47.3 Å². The highest BCUT2D eigenvalue weighted by Crippen LogP contribution is 2.26. The molecular formula is C26H31FN6O4. The van der Waals surface area contributed by atoms with E-state index in [9.17, 15) is 9.18 Å². The molecule has 0 saturated heterocycles. The van der Waals surface area contributed by atoms with Gasteiger partial charge >= 0.3 is 11.7 Å². The van der Waals surface area contributed by atoms with E-state index < -0.39 is 11.5 Å². The Morgan fingerprint density at radius 1 is 1.11 bits per heavy atom. The second-order valence-electron chi connectivity index (χ2n) is 8.49. The molecule has 0 aliphatic carbocycles. The zero-order chi connectivity index (χ0) is 26.2. The van der Waals surface area contributed by atoms with Gasteiger partial charge in [-0.05, 0) is 41.8 Å². The van der Waals surface area contributed by atoms with Gasteiger partial charge in [-0.1, -0.05) is 31.5 Å². The van der Waals surface area contributed by atoms with Crippen molar-refractivity contribution in [3.05, 3.63) is 69.9 Å². The number of hydrogen-bond donors (Lipinski definition) is 3. The first kappa shape index (κ1) is 26.1. The number of halogens is 1. The number of methoxy groups -OCH3 is 1. The van der Waals surface area contributed by atoms with Crippen LogP contribution in [0.1, 0.15) is 30.9 Å². The molecule has 0 unspecified atom stereocenters. The molecule has 37 heavy (non-hydrogen) atoms. The molecule has 0 bridgehead atoms. The summed E-state index contributed by atoms with van der Waals surface area (Å²) < 4.78 is 32.6. The molecule has 0 aliphatic heterocycles. The van der Waals surface area contributed by atoms with Gasteiger partial charge in [0.1, 0.15) is 11.3 Å². The second kappa shape index (κ2) is 12.3. The Hall–Kier alpha value is -3.96. The van der Waals surface area contributed by atoms with Gasteiger partial charge in [-0.25, -0.2) is 9.18 Å². The minimum absolute atomic E-state index is 0.0751. The van der Waals surface area contributed by atoms with Crippen molar-refractivity contribution in [1.82, 2.24) is 24.8 Å². The molecule has 10 nitrogen and oxygen atoms in total. The molecule has 2 aromatic heterocycles. The number of benzene rings is 2. The number of nitrogens with two attached hydrogens (primary N) is 1. The molecule has 2 aromatic carbocycles. The van der Waals surface area contributed by atoms with Gasteiger partial charge in [-0.2, -0.15) is 9.97 Å². The monoisotopic (exact) mass is 510 g/mol. The third kappa shape index (κ3) is 6.63. The molecule has 0 fully saturated rings. The van der Waals surface area contributed by atoms with Gasteiger partial charge < -0.3 is 30.2 Å². The molecule has 2 heterocycles. The number of aromatic nitrogens is 4. The van der Waals surface area contributed by atoms with Gasteiger partial charge in [0.2, 0.25) is 0 Å². The van der Waals surface area contributed by atoms with Crippen LogP contribution in [-0.4, -0.2) is 46.4 Å². The number of imidazole rings is 1. The van der Waals surface area contributed by atoms with E-state index in [2.05, 4.69) is 20.3 Å². The first-order chi connectivity index (χ1) is 18.0. The summed E-state index contributed by atoms with van der Waals surface area (Å²) in [6.07, 6.45) is 1.79. The van der Waals surface area contributed by atoms with Gasteiger partial charge in [0.25, 0.3) is 0 Å². The fourth-order valence-corrected chi connectivity index (χ4v) is 3.67. The number of unbranched alkanes of at least 4 members (excludes halogenated alkanes) is 1. The summed E-state index contributed by atoms with van der Waals surface area (Å²) in [5.74, 6) is 0.162. The molecule has 0 spiro atoms. The van der Waals surface area contributed by atoms with Crippen molar-refractivity contribution >= 4 is 17.0 Å². The maximum atomic E-state index is 14.9. The zero-order valence-corrected chi connectivity index (χ0v) is 20.9. The lowest BCUT2D eigenvalue weighted by atomic mass is 10.2. The largest absolute Gasteiger partial charge is 0.463 e. The molecule has 11 heteroatoms. The van der Waals surface area contributed by atoms with E-state index in [0.717, 1.165) is 24.9 Å². The predicted octanol–water partition coefficient (Wildman–Crippen LogP) is 3.60. The van der Waals surface area contributed by atoms with Gasteiger partial charge in [0, 0.05) is 20.2 Å². The van der Waals surface area contributed by atoms with Crippen LogP contribution in [0.2, 0.25) is 0 Å². The Balaban J connectivity index is 1.46. The maximum absolute atomic E-state index is 14.9. The molecule has 4 rings (SSSR count). The van der Waals surface area contributed by atoms with Crippen LogP contribution in [0.4, 0.5) is 10.2 Å². The van der Waals surface area contributed by atoms with Crippen LogP contribution in [0.3, 0.4) is 0 Å². The zero-order valence-electron chi connectivity index (χ0n) is 20.9. The lowest BCUT2D eigenvalue weighted by molar-refractivity contribution is 0.199. The summed E-state index contributed by atoms with van der Waals surface area (Å²) in [5, 5.41) is 3.26. The van der Waals surface area contributed by atoms with Crippen LogP contribution in [0, 0.1) is 5.82 Å². The van der Waals surface area contributed by atoms with Crippen molar-refractivity contribution in [3.8, 4) is 17.5 Å². The third-order valence-electron chi connectivity index (χ3n) is 5.66. The Morgan fingerprint density at radius 2 is 1.89 bits per heavy atom. The Morgan fingerprint density at radius 3 is 2.62 bits per heavy atom. The second-order valence-corrected chi connectivity index (χ2v) is 8.49. The summed E-state index contributed by atoms with van der Waals surface area (Å²) in [7, 11) is 1.66. The van der Waals surface area contributed by atoms with Crippen molar-refractivity contribution in [3.63, 3.8) is 0 Å². The SMILES string of the molecule is CCCCOc1nc(N)c2[nH]c(=O)n(Cc3ccc(Oc4ccc(CNCCOC)cc4)c(F)c3)c2n1. The normalized spacial score (nSPS) is 11.2. The summed E-state index contributed by atoms with van der Waals surface area (Å²) in [4.78, 5) is 23.7. The van der Waals surface area contributed by atoms with Crippen LogP contribution >= 0.6 is 0 Å². The lowest BCUT2D eigenvalue weighted by Gasteiger charge is -2.10. The lowest BCUT2D eigenvalue weighted by Crippen LogP contribution is -2.18. The fraction of sp³-hybridized carbons (Fsp3) is 0.346. The number of hydrogen-bond acceptors (Lipinski definition) is 8. The van der Waals surface area contributed by atoms with E-state index in [1.54, 1.807) is 25.3 Å². The molecule has 0 atom stereocenters. The van der Waals surface area contributed by atoms with Crippen LogP contribution in [0.5, 0.6) is 17.5 Å². The van der Waals surface area contributed by atoms with Gasteiger partial charge in [-0.15, -0.1) is 0 Å². The standard InChI is InChI=1S/C26H31FN6O4/c1-3-4-12-36-25-31-23(28)22-24(32-25)33(26(34)30-22)16-18-7-10-21(20(27)14-18)37-19-8-5-17(6-9-19)15-29-11-13-35-2/h5-10,14,29H,3-4,11-13,15-16H2,1-2H3,(H,30,34)(H2,28,31,32). The van der Waals surface area contributed by atoms with Crippen molar-refractivity contribution < 1.29 is 18.6 Å². The number of H-pyrrole nitrogens is 1. The number of rotatable bonds is 13. The van der Waals surface area contributed by atoms with E-state index in [0.29, 0.717) is 42.2 Å². The van der Waals surface area contributed by atoms with E-state index in [1.807, 2.05) is 19.1 Å². The van der Waals surface area contributed by atoms with E-state index in [4.69, 9.17) is 19.9 Å². The summed E-state index contributed by atoms with van der Waals surface area (Å²) in [5.41, 5.74) is 7.80. The fourth-order valence-electron chi connectivity index (χ4n) is 3.67. The first-order valence-electron chi connectivity index (χ1n) is 12.1. The quantitative estimate of drug-likeness (QED) is 0.233. The van der Waals surface area contributed by atoms with E-state index >= 15 is 0 Å². The van der Waals surface area contributed by atoms with Gasteiger partial charge in [-0.3, -0.25) is 4.57 Å². The molecule has 0 radical (unpaired) electrons. The molecule has 4 aromatic rings. The van der Waals surface area contributed by atoms with Crippen LogP contribution in [-0.2, 0) is 17.8 Å². The Labute approximate surface area is 213 Å². The Bertz CT molecular complexity index is 1390. The predicted molar refractivity (Wildman–Crippen MR) is 139 cm³/mol. The molecule has 4 N–H and O–H groups in total. The number of aromatic amines is 1. The summed E-state index contributed by atoms with van der Waals surface area (Å²) in [6.45, 7) is 4.65. The van der Waals surface area contributed by atoms with Crippen LogP contribution in [0.25, 0.3) is 11.2 Å². The Kier molecular flexibility index (Phi) is 8.70. The maximum Gasteiger partial charge on any atom is 0.328 e. The van der Waals surface area contributed by atoms with Gasteiger partial charge in [0.15, 0.2) is 23.0 Å². The highest BCUT2D eigenvalue weighted by atomic mass is 19.1. The van der Waals surface area contributed by atoms with Crippen molar-refractivity contribution in [1.29, 1.82) is 0 Å². The topological polar surface area (TPSA) is 129 Å². The van der Waals surface area contributed by atoms with Crippen molar-refractivity contribution in [2.24, 2.45) is 0 Å². The minimum Gasteiger partial charge on any atom is -0.463 e. The van der Waals surface area contributed by atoms with E-state index in [-0.39, 0.29) is 24.1 Å². The van der Waals surface area contributed by atoms with Crippen molar-refractivity contribution in [2.75, 3.05) is 32.6 Å². The summed E-state index contributed by atoms with van der Waals surface area (Å²) >= 11 is 0. The highest BCUT2D eigenvalue weighted by Gasteiger charge is 2.16. The molecule has 0 amide bonds. The van der Waals surface area contributed by atoms with Crippen molar-refractivity contribution in [2.45, 2.75) is 32.9 Å². The molecular weight excluding hydrogens is 479 g/mol. The van der Waals surface area contributed by atoms with Crippen LogP contribution < -0.4 is 26.2 Å². The number of nitrogen functional groups attached to an aromatic ring is 1.